The van der Waals surface area contributed by atoms with Crippen LogP contribution in [0.1, 0.15) is 38.8 Å². The van der Waals surface area contributed by atoms with Crippen molar-refractivity contribution in [3.63, 3.8) is 0 Å². The molecule has 0 aliphatic carbocycles. The highest BCUT2D eigenvalue weighted by Gasteiger charge is 2.21. The topological polar surface area (TPSA) is 15.3 Å². The van der Waals surface area contributed by atoms with E-state index < -0.39 is 0 Å². The Bertz CT molecular complexity index is 353. The largest absolute Gasteiger partial charge is 0.308 e. The molecule has 0 bridgehead atoms. The van der Waals surface area contributed by atoms with Gasteiger partial charge in [0.05, 0.1) is 0 Å². The summed E-state index contributed by atoms with van der Waals surface area (Å²) in [6, 6.07) is 11.3. The Labute approximate surface area is 111 Å². The van der Waals surface area contributed by atoms with E-state index in [4.69, 9.17) is 0 Å². The molecule has 0 radical (unpaired) electrons. The number of hydrogen-bond donors (Lipinski definition) is 1. The van der Waals surface area contributed by atoms with Crippen molar-refractivity contribution in [1.29, 1.82) is 0 Å². The molecule has 0 amide bonds. The van der Waals surface area contributed by atoms with Crippen molar-refractivity contribution in [2.75, 3.05) is 26.2 Å². The van der Waals surface area contributed by atoms with E-state index in [1.54, 1.807) is 0 Å². The smallest absolute Gasteiger partial charge is 0.0449 e. The zero-order chi connectivity index (χ0) is 13.0. The summed E-state index contributed by atoms with van der Waals surface area (Å²) in [6.45, 7) is 11.6. The highest BCUT2D eigenvalue weighted by molar-refractivity contribution is 5.19. The number of nitrogens with one attached hydrogen (secondary N) is 1. The quantitative estimate of drug-likeness (QED) is 0.882. The Hall–Kier alpha value is -0.860. The average molecular weight is 246 g/mol. The molecule has 100 valence electrons. The third-order valence-corrected chi connectivity index (χ3v) is 3.64. The van der Waals surface area contributed by atoms with Crippen LogP contribution in [0.5, 0.6) is 0 Å². The lowest BCUT2D eigenvalue weighted by atomic mass is 9.92. The Morgan fingerprint density at radius 1 is 1.22 bits per heavy atom. The summed E-state index contributed by atoms with van der Waals surface area (Å²) in [6.07, 6.45) is 1.27. The molecule has 0 saturated carbocycles. The van der Waals surface area contributed by atoms with Crippen LogP contribution in [0.15, 0.2) is 30.3 Å². The minimum Gasteiger partial charge on any atom is -0.308 e. The van der Waals surface area contributed by atoms with E-state index in [-0.39, 0.29) is 0 Å². The fraction of sp³-hybridized carbons (Fsp3) is 0.625. The molecule has 0 aromatic heterocycles. The van der Waals surface area contributed by atoms with Gasteiger partial charge in [0.15, 0.2) is 0 Å². The van der Waals surface area contributed by atoms with E-state index >= 15 is 0 Å². The van der Waals surface area contributed by atoms with Crippen molar-refractivity contribution in [1.82, 2.24) is 10.2 Å². The Balaban J connectivity index is 1.89. The fourth-order valence-electron chi connectivity index (χ4n) is 2.42. The highest BCUT2D eigenvalue weighted by Crippen LogP contribution is 2.21. The summed E-state index contributed by atoms with van der Waals surface area (Å²) >= 11 is 0. The van der Waals surface area contributed by atoms with Crippen LogP contribution < -0.4 is 5.32 Å². The van der Waals surface area contributed by atoms with Crippen molar-refractivity contribution >= 4 is 0 Å². The summed E-state index contributed by atoms with van der Waals surface area (Å²) in [4.78, 5) is 2.60. The van der Waals surface area contributed by atoms with Gasteiger partial charge in [-0.05, 0) is 23.9 Å². The van der Waals surface area contributed by atoms with Gasteiger partial charge in [-0.25, -0.2) is 0 Å². The van der Waals surface area contributed by atoms with Crippen molar-refractivity contribution in [2.45, 2.75) is 33.2 Å². The summed E-state index contributed by atoms with van der Waals surface area (Å²) in [7, 11) is 0. The first-order valence-electron chi connectivity index (χ1n) is 7.05. The first kappa shape index (κ1) is 13.6. The van der Waals surface area contributed by atoms with E-state index in [0.29, 0.717) is 11.5 Å². The number of rotatable bonds is 3. The van der Waals surface area contributed by atoms with Gasteiger partial charge in [-0.2, -0.15) is 0 Å². The van der Waals surface area contributed by atoms with Gasteiger partial charge in [0.2, 0.25) is 0 Å². The SMILES string of the molecule is CC(C)(C)CCN1CCNC(c2ccccc2)C1. The van der Waals surface area contributed by atoms with Gasteiger partial charge in [-0.1, -0.05) is 51.1 Å². The average Bonchev–Trinajstić information content (AvgIpc) is 2.37. The second kappa shape index (κ2) is 5.85. The van der Waals surface area contributed by atoms with E-state index in [1.807, 2.05) is 0 Å². The first-order chi connectivity index (χ1) is 8.54. The third-order valence-electron chi connectivity index (χ3n) is 3.64. The molecule has 1 saturated heterocycles. The summed E-state index contributed by atoms with van der Waals surface area (Å²) in [5, 5.41) is 3.62. The predicted molar refractivity (Wildman–Crippen MR) is 77.7 cm³/mol. The molecule has 2 nitrogen and oxygen atoms in total. The van der Waals surface area contributed by atoms with Crippen LogP contribution in [0.25, 0.3) is 0 Å². The molecule has 2 heteroatoms. The minimum atomic E-state index is 0.438. The molecule has 2 rings (SSSR count). The maximum absolute atomic E-state index is 3.62. The number of benzene rings is 1. The number of nitrogens with zero attached hydrogens (tertiary/aromatic N) is 1. The fourth-order valence-corrected chi connectivity index (χ4v) is 2.42. The van der Waals surface area contributed by atoms with Crippen LogP contribution in [-0.4, -0.2) is 31.1 Å². The monoisotopic (exact) mass is 246 g/mol. The molecular weight excluding hydrogens is 220 g/mol. The van der Waals surface area contributed by atoms with E-state index in [2.05, 4.69) is 61.3 Å². The van der Waals surface area contributed by atoms with Gasteiger partial charge >= 0.3 is 0 Å². The van der Waals surface area contributed by atoms with Crippen molar-refractivity contribution in [2.24, 2.45) is 5.41 Å². The van der Waals surface area contributed by atoms with Gasteiger partial charge in [-0.3, -0.25) is 0 Å². The molecule has 1 aromatic rings. The number of hydrogen-bond acceptors (Lipinski definition) is 2. The van der Waals surface area contributed by atoms with E-state index in [1.165, 1.54) is 25.1 Å². The van der Waals surface area contributed by atoms with Crippen LogP contribution in [-0.2, 0) is 0 Å². The van der Waals surface area contributed by atoms with Gasteiger partial charge in [0.25, 0.3) is 0 Å². The Morgan fingerprint density at radius 2 is 1.94 bits per heavy atom. The van der Waals surface area contributed by atoms with Crippen LogP contribution >= 0.6 is 0 Å². The lowest BCUT2D eigenvalue weighted by Crippen LogP contribution is -2.46. The van der Waals surface area contributed by atoms with Crippen molar-refractivity contribution in [3.8, 4) is 0 Å². The normalized spacial score (nSPS) is 22.1. The lowest BCUT2D eigenvalue weighted by molar-refractivity contribution is 0.176. The second-order valence-electron chi connectivity index (χ2n) is 6.53. The van der Waals surface area contributed by atoms with Gasteiger partial charge < -0.3 is 10.2 Å². The van der Waals surface area contributed by atoms with Crippen LogP contribution in [0.4, 0.5) is 0 Å². The Kier molecular flexibility index (Phi) is 4.41. The molecule has 1 atom stereocenters. The van der Waals surface area contributed by atoms with Gasteiger partial charge in [0.1, 0.15) is 0 Å². The highest BCUT2D eigenvalue weighted by atomic mass is 15.2. The molecule has 18 heavy (non-hydrogen) atoms. The molecule has 0 spiro atoms. The molecule has 1 aromatic carbocycles. The van der Waals surface area contributed by atoms with Crippen molar-refractivity contribution < 1.29 is 0 Å². The predicted octanol–water partition coefficient (Wildman–Crippen LogP) is 3.07. The lowest BCUT2D eigenvalue weighted by Gasteiger charge is -2.35. The molecule has 1 aliphatic heterocycles. The Morgan fingerprint density at radius 3 is 2.61 bits per heavy atom. The second-order valence-corrected chi connectivity index (χ2v) is 6.53. The molecule has 1 aliphatic rings. The number of piperazine rings is 1. The molecule has 1 N–H and O–H groups in total. The zero-order valence-electron chi connectivity index (χ0n) is 11.9. The summed E-state index contributed by atoms with van der Waals surface area (Å²) in [5.41, 5.74) is 1.85. The molecule has 1 heterocycles. The summed E-state index contributed by atoms with van der Waals surface area (Å²) < 4.78 is 0. The van der Waals surface area contributed by atoms with E-state index in [0.717, 1.165) is 13.1 Å². The molecule has 1 unspecified atom stereocenters. The zero-order valence-corrected chi connectivity index (χ0v) is 11.9. The maximum Gasteiger partial charge on any atom is 0.0449 e. The summed E-state index contributed by atoms with van der Waals surface area (Å²) in [5.74, 6) is 0. The van der Waals surface area contributed by atoms with E-state index in [9.17, 15) is 0 Å². The minimum absolute atomic E-state index is 0.438. The third kappa shape index (κ3) is 4.11. The van der Waals surface area contributed by atoms with Gasteiger partial charge in [-0.15, -0.1) is 0 Å². The van der Waals surface area contributed by atoms with Crippen molar-refractivity contribution in [3.05, 3.63) is 35.9 Å². The van der Waals surface area contributed by atoms with Gasteiger partial charge in [0, 0.05) is 25.7 Å². The first-order valence-corrected chi connectivity index (χ1v) is 7.05. The van der Waals surface area contributed by atoms with Crippen LogP contribution in [0.2, 0.25) is 0 Å². The molecule has 1 fully saturated rings. The standard InChI is InChI=1S/C16H26N2/c1-16(2,3)9-11-18-12-10-17-15(13-18)14-7-5-4-6-8-14/h4-8,15,17H,9-13H2,1-3H3. The maximum atomic E-state index is 3.62. The van der Waals surface area contributed by atoms with Crippen LogP contribution in [0.3, 0.4) is 0 Å². The van der Waals surface area contributed by atoms with Crippen LogP contribution in [0, 0.1) is 5.41 Å². The molecular formula is C16H26N2.